The van der Waals surface area contributed by atoms with Gasteiger partial charge in [-0.2, -0.15) is 0 Å². The molecule has 18 heavy (non-hydrogen) atoms. The van der Waals surface area contributed by atoms with E-state index in [4.69, 9.17) is 14.2 Å². The molecule has 6 nitrogen and oxygen atoms in total. The van der Waals surface area contributed by atoms with Crippen LogP contribution in [0.3, 0.4) is 0 Å². The standard InChI is InChI=1S/C12H19NO5/c1-12(2,3)18-11(15)13-7-5-9(7)17-6-8(13)10(14)16-4/h7-9H,5-6H2,1-4H3. The van der Waals surface area contributed by atoms with Crippen LogP contribution in [0.5, 0.6) is 0 Å². The summed E-state index contributed by atoms with van der Waals surface area (Å²) in [5, 5.41) is 0. The van der Waals surface area contributed by atoms with Crippen molar-refractivity contribution < 1.29 is 23.8 Å². The molecule has 1 saturated carbocycles. The quantitative estimate of drug-likeness (QED) is 0.654. The average Bonchev–Trinajstić information content (AvgIpc) is 3.02. The van der Waals surface area contributed by atoms with Gasteiger partial charge in [0.25, 0.3) is 0 Å². The second kappa shape index (κ2) is 4.42. The SMILES string of the molecule is COC(=O)C1COC2CC2N1C(=O)OC(C)(C)C. The summed E-state index contributed by atoms with van der Waals surface area (Å²) < 4.78 is 15.5. The smallest absolute Gasteiger partial charge is 0.411 e. The molecule has 1 heterocycles. The molecule has 1 aliphatic carbocycles. The van der Waals surface area contributed by atoms with Crippen LogP contribution in [0.2, 0.25) is 0 Å². The van der Waals surface area contributed by atoms with Gasteiger partial charge in [0.05, 0.1) is 25.9 Å². The van der Waals surface area contributed by atoms with Gasteiger partial charge in [0.15, 0.2) is 6.04 Å². The second-order valence-electron chi connectivity index (χ2n) is 5.60. The van der Waals surface area contributed by atoms with Gasteiger partial charge in [0.1, 0.15) is 5.60 Å². The molecule has 0 bridgehead atoms. The van der Waals surface area contributed by atoms with Crippen molar-refractivity contribution in [1.82, 2.24) is 4.90 Å². The molecule has 3 atom stereocenters. The summed E-state index contributed by atoms with van der Waals surface area (Å²) in [6.45, 7) is 5.56. The first-order chi connectivity index (χ1) is 8.33. The number of carbonyl (C=O) groups excluding carboxylic acids is 2. The molecule has 0 aromatic heterocycles. The monoisotopic (exact) mass is 257 g/mol. The van der Waals surface area contributed by atoms with Gasteiger partial charge in [-0.05, 0) is 27.2 Å². The fourth-order valence-corrected chi connectivity index (χ4v) is 2.05. The van der Waals surface area contributed by atoms with Crippen LogP contribution in [0.4, 0.5) is 4.79 Å². The van der Waals surface area contributed by atoms with Crippen molar-refractivity contribution in [1.29, 1.82) is 0 Å². The fraction of sp³-hybridized carbons (Fsp3) is 0.833. The maximum atomic E-state index is 12.1. The molecule has 0 aromatic carbocycles. The van der Waals surface area contributed by atoms with Gasteiger partial charge in [-0.1, -0.05) is 0 Å². The normalized spacial score (nSPS) is 30.4. The molecule has 0 aromatic rings. The molecular formula is C12H19NO5. The zero-order chi connectivity index (χ0) is 13.5. The van der Waals surface area contributed by atoms with Crippen LogP contribution in [-0.4, -0.2) is 54.5 Å². The van der Waals surface area contributed by atoms with E-state index in [1.807, 2.05) is 0 Å². The lowest BCUT2D eigenvalue weighted by atomic mass is 10.2. The number of fused-ring (bicyclic) bond motifs is 1. The summed E-state index contributed by atoms with van der Waals surface area (Å²) in [4.78, 5) is 25.2. The number of carbonyl (C=O) groups is 2. The Labute approximate surface area is 106 Å². The Morgan fingerprint density at radius 2 is 2.00 bits per heavy atom. The molecule has 2 aliphatic rings. The highest BCUT2D eigenvalue weighted by Crippen LogP contribution is 2.38. The number of nitrogens with zero attached hydrogens (tertiary/aromatic N) is 1. The molecule has 0 radical (unpaired) electrons. The lowest BCUT2D eigenvalue weighted by Gasteiger charge is -2.34. The van der Waals surface area contributed by atoms with Crippen molar-refractivity contribution >= 4 is 12.1 Å². The van der Waals surface area contributed by atoms with Crippen molar-refractivity contribution in [3.05, 3.63) is 0 Å². The molecule has 1 saturated heterocycles. The number of morpholine rings is 1. The summed E-state index contributed by atoms with van der Waals surface area (Å²) in [5.41, 5.74) is -0.583. The first kappa shape index (κ1) is 13.1. The Balaban J connectivity index is 2.11. The molecule has 1 amide bonds. The Morgan fingerprint density at radius 3 is 2.56 bits per heavy atom. The van der Waals surface area contributed by atoms with Crippen LogP contribution in [0.1, 0.15) is 27.2 Å². The van der Waals surface area contributed by atoms with Gasteiger partial charge >= 0.3 is 12.1 Å². The third kappa shape index (κ3) is 2.58. The van der Waals surface area contributed by atoms with Crippen LogP contribution < -0.4 is 0 Å². The minimum absolute atomic E-state index is 0.0402. The zero-order valence-electron chi connectivity index (χ0n) is 11.1. The Morgan fingerprint density at radius 1 is 1.33 bits per heavy atom. The molecule has 1 aliphatic heterocycles. The van der Waals surface area contributed by atoms with Gasteiger partial charge in [0.2, 0.25) is 0 Å². The average molecular weight is 257 g/mol. The van der Waals surface area contributed by atoms with Gasteiger partial charge in [-0.15, -0.1) is 0 Å². The molecule has 3 unspecified atom stereocenters. The van der Waals surface area contributed by atoms with Crippen molar-refractivity contribution in [2.75, 3.05) is 13.7 Å². The first-order valence-corrected chi connectivity index (χ1v) is 6.04. The maximum absolute atomic E-state index is 12.1. The molecular weight excluding hydrogens is 238 g/mol. The van der Waals surface area contributed by atoms with Crippen molar-refractivity contribution in [3.8, 4) is 0 Å². The van der Waals surface area contributed by atoms with Crippen molar-refractivity contribution in [3.63, 3.8) is 0 Å². The van der Waals surface area contributed by atoms with E-state index in [0.717, 1.165) is 6.42 Å². The third-order valence-electron chi connectivity index (χ3n) is 2.94. The molecule has 102 valence electrons. The number of hydrogen-bond donors (Lipinski definition) is 0. The number of ether oxygens (including phenoxy) is 3. The van der Waals surface area contributed by atoms with Gasteiger partial charge in [0, 0.05) is 0 Å². The van der Waals surface area contributed by atoms with E-state index in [9.17, 15) is 9.59 Å². The van der Waals surface area contributed by atoms with Crippen LogP contribution in [0.15, 0.2) is 0 Å². The molecule has 0 spiro atoms. The highest BCUT2D eigenvalue weighted by Gasteiger charge is 2.54. The number of hydrogen-bond acceptors (Lipinski definition) is 5. The van der Waals surface area contributed by atoms with Crippen molar-refractivity contribution in [2.45, 2.75) is 51.0 Å². The van der Waals surface area contributed by atoms with E-state index in [1.54, 1.807) is 20.8 Å². The lowest BCUT2D eigenvalue weighted by Crippen LogP contribution is -2.54. The van der Waals surface area contributed by atoms with E-state index in [2.05, 4.69) is 0 Å². The minimum Gasteiger partial charge on any atom is -0.467 e. The second-order valence-corrected chi connectivity index (χ2v) is 5.60. The summed E-state index contributed by atoms with van der Waals surface area (Å²) in [6, 6.07) is -0.758. The number of esters is 1. The van der Waals surface area contributed by atoms with Crippen LogP contribution >= 0.6 is 0 Å². The van der Waals surface area contributed by atoms with Crippen LogP contribution in [0, 0.1) is 0 Å². The molecule has 2 fully saturated rings. The van der Waals surface area contributed by atoms with Crippen LogP contribution in [0.25, 0.3) is 0 Å². The van der Waals surface area contributed by atoms with Gasteiger partial charge in [-0.25, -0.2) is 9.59 Å². The Kier molecular flexibility index (Phi) is 3.23. The molecule has 6 heteroatoms. The fourth-order valence-electron chi connectivity index (χ4n) is 2.05. The van der Waals surface area contributed by atoms with E-state index in [0.29, 0.717) is 0 Å². The van der Waals surface area contributed by atoms with E-state index >= 15 is 0 Å². The van der Waals surface area contributed by atoms with Crippen LogP contribution in [-0.2, 0) is 19.0 Å². The summed E-state index contributed by atoms with van der Waals surface area (Å²) in [6.07, 6.45) is 0.319. The predicted molar refractivity (Wildman–Crippen MR) is 62.0 cm³/mol. The van der Waals surface area contributed by atoms with Crippen molar-refractivity contribution in [2.24, 2.45) is 0 Å². The number of methoxy groups -OCH3 is 1. The van der Waals surface area contributed by atoms with E-state index in [-0.39, 0.29) is 18.8 Å². The maximum Gasteiger partial charge on any atom is 0.411 e. The number of amides is 1. The summed E-state index contributed by atoms with van der Waals surface area (Å²) >= 11 is 0. The lowest BCUT2D eigenvalue weighted by molar-refractivity contribution is -0.152. The largest absolute Gasteiger partial charge is 0.467 e. The molecule has 2 rings (SSSR count). The zero-order valence-corrected chi connectivity index (χ0v) is 11.1. The minimum atomic E-state index is -0.700. The third-order valence-corrected chi connectivity index (χ3v) is 2.94. The van der Waals surface area contributed by atoms with Gasteiger partial charge < -0.3 is 14.2 Å². The number of rotatable bonds is 1. The topological polar surface area (TPSA) is 65.1 Å². The Bertz CT molecular complexity index is 362. The van der Waals surface area contributed by atoms with Gasteiger partial charge in [-0.3, -0.25) is 4.90 Å². The highest BCUT2D eigenvalue weighted by molar-refractivity contribution is 5.82. The summed E-state index contributed by atoms with van der Waals surface area (Å²) in [7, 11) is 1.30. The predicted octanol–water partition coefficient (Wildman–Crippen LogP) is 0.936. The van der Waals surface area contributed by atoms with E-state index in [1.165, 1.54) is 12.0 Å². The first-order valence-electron chi connectivity index (χ1n) is 6.04. The van der Waals surface area contributed by atoms with E-state index < -0.39 is 23.7 Å². The summed E-state index contributed by atoms with van der Waals surface area (Å²) in [5.74, 6) is -0.466. The molecule has 0 N–H and O–H groups in total. The Hall–Kier alpha value is -1.30. The highest BCUT2D eigenvalue weighted by atomic mass is 16.6.